The number of benzene rings is 3. The largest absolute Gasteiger partial charge is 0.486 e. The maximum Gasteiger partial charge on any atom is 0.161 e. The van der Waals surface area contributed by atoms with Crippen molar-refractivity contribution in [2.24, 2.45) is 0 Å². The molecule has 0 aliphatic carbocycles. The Labute approximate surface area is 147 Å². The Morgan fingerprint density at radius 3 is 2.36 bits per heavy atom. The molecule has 1 aliphatic rings. The zero-order valence-electron chi connectivity index (χ0n) is 14.2. The molecule has 3 nitrogen and oxygen atoms in total. The molecule has 0 saturated carbocycles. The van der Waals surface area contributed by atoms with Gasteiger partial charge in [0.1, 0.15) is 13.2 Å². The summed E-state index contributed by atoms with van der Waals surface area (Å²) in [6.45, 7) is 3.33. The van der Waals surface area contributed by atoms with E-state index in [0.29, 0.717) is 13.2 Å². The molecule has 0 fully saturated rings. The van der Waals surface area contributed by atoms with Crippen LogP contribution in [0.1, 0.15) is 11.1 Å². The maximum atomic E-state index is 9.66. The van der Waals surface area contributed by atoms with Crippen LogP contribution in [-0.2, 0) is 6.61 Å². The van der Waals surface area contributed by atoms with E-state index < -0.39 is 0 Å². The van der Waals surface area contributed by atoms with Gasteiger partial charge in [0.25, 0.3) is 0 Å². The van der Waals surface area contributed by atoms with Gasteiger partial charge in [-0.1, -0.05) is 48.5 Å². The van der Waals surface area contributed by atoms with Gasteiger partial charge in [-0.2, -0.15) is 0 Å². The molecule has 0 spiro atoms. The number of hydrogen-bond donors (Lipinski definition) is 1. The number of rotatable bonds is 3. The van der Waals surface area contributed by atoms with Crippen molar-refractivity contribution in [3.63, 3.8) is 0 Å². The third-order valence-corrected chi connectivity index (χ3v) is 4.66. The summed E-state index contributed by atoms with van der Waals surface area (Å²) in [6.07, 6.45) is 0. The lowest BCUT2D eigenvalue weighted by Gasteiger charge is -2.20. The highest BCUT2D eigenvalue weighted by molar-refractivity contribution is 5.80. The SMILES string of the molecule is Cc1c(-c2ccc3c(c2)OCCO3)cccc1-c1ccccc1CO. The molecule has 126 valence electrons. The number of hydrogen-bond acceptors (Lipinski definition) is 3. The predicted octanol–water partition coefficient (Wildman–Crippen LogP) is 4.59. The van der Waals surface area contributed by atoms with Crippen LogP contribution in [0, 0.1) is 6.92 Å². The highest BCUT2D eigenvalue weighted by Crippen LogP contribution is 2.38. The van der Waals surface area contributed by atoms with Crippen LogP contribution in [0.3, 0.4) is 0 Å². The molecular weight excluding hydrogens is 312 g/mol. The van der Waals surface area contributed by atoms with Crippen LogP contribution in [0.15, 0.2) is 60.7 Å². The van der Waals surface area contributed by atoms with Crippen molar-refractivity contribution >= 4 is 0 Å². The van der Waals surface area contributed by atoms with Crippen LogP contribution in [0.25, 0.3) is 22.3 Å². The van der Waals surface area contributed by atoms with Crippen LogP contribution in [0.4, 0.5) is 0 Å². The standard InChI is InChI=1S/C22H20O3/c1-15-18(16-9-10-21-22(13-16)25-12-11-24-21)7-4-8-19(15)20-6-3-2-5-17(20)14-23/h2-10,13,23H,11-12,14H2,1H3. The van der Waals surface area contributed by atoms with E-state index in [1.54, 1.807) is 0 Å². The minimum Gasteiger partial charge on any atom is -0.486 e. The summed E-state index contributed by atoms with van der Waals surface area (Å²) in [7, 11) is 0. The molecule has 0 atom stereocenters. The minimum atomic E-state index is 0.0316. The second-order valence-corrected chi connectivity index (χ2v) is 6.15. The molecule has 3 aromatic carbocycles. The summed E-state index contributed by atoms with van der Waals surface area (Å²) in [5.74, 6) is 1.60. The van der Waals surface area contributed by atoms with Crippen LogP contribution in [0.2, 0.25) is 0 Å². The Balaban J connectivity index is 1.82. The lowest BCUT2D eigenvalue weighted by molar-refractivity contribution is 0.171. The lowest BCUT2D eigenvalue weighted by atomic mass is 9.90. The molecule has 1 N–H and O–H groups in total. The van der Waals surface area contributed by atoms with Gasteiger partial charge in [-0.05, 0) is 52.4 Å². The highest BCUT2D eigenvalue weighted by Gasteiger charge is 2.15. The first-order valence-electron chi connectivity index (χ1n) is 8.46. The maximum absolute atomic E-state index is 9.66. The number of ether oxygens (including phenoxy) is 2. The normalized spacial score (nSPS) is 12.9. The zero-order valence-corrected chi connectivity index (χ0v) is 14.2. The van der Waals surface area contributed by atoms with Crippen LogP contribution in [0.5, 0.6) is 11.5 Å². The van der Waals surface area contributed by atoms with Crippen molar-refractivity contribution in [3.8, 4) is 33.8 Å². The van der Waals surface area contributed by atoms with Gasteiger partial charge >= 0.3 is 0 Å². The fraction of sp³-hybridized carbons (Fsp3) is 0.182. The van der Waals surface area contributed by atoms with E-state index in [-0.39, 0.29) is 6.61 Å². The van der Waals surface area contributed by atoms with E-state index in [4.69, 9.17) is 9.47 Å². The minimum absolute atomic E-state index is 0.0316. The third kappa shape index (κ3) is 2.87. The first kappa shape index (κ1) is 15.7. The van der Waals surface area contributed by atoms with Crippen LogP contribution < -0.4 is 9.47 Å². The molecule has 0 saturated heterocycles. The Kier molecular flexibility index (Phi) is 4.16. The van der Waals surface area contributed by atoms with Gasteiger partial charge in [0, 0.05) is 0 Å². The van der Waals surface area contributed by atoms with Gasteiger partial charge in [0.2, 0.25) is 0 Å². The third-order valence-electron chi connectivity index (χ3n) is 4.66. The Morgan fingerprint density at radius 1 is 0.800 bits per heavy atom. The van der Waals surface area contributed by atoms with Gasteiger partial charge in [-0.3, -0.25) is 0 Å². The van der Waals surface area contributed by atoms with Crippen molar-refractivity contribution in [1.82, 2.24) is 0 Å². The van der Waals surface area contributed by atoms with E-state index in [9.17, 15) is 5.11 Å². The van der Waals surface area contributed by atoms with Crippen LogP contribution >= 0.6 is 0 Å². The van der Waals surface area contributed by atoms with Gasteiger partial charge in [-0.25, -0.2) is 0 Å². The second-order valence-electron chi connectivity index (χ2n) is 6.15. The summed E-state index contributed by atoms with van der Waals surface area (Å²) >= 11 is 0. The van der Waals surface area contributed by atoms with E-state index in [2.05, 4.69) is 37.3 Å². The first-order valence-corrected chi connectivity index (χ1v) is 8.46. The molecular formula is C22H20O3. The van der Waals surface area contributed by atoms with E-state index in [1.165, 1.54) is 5.56 Å². The van der Waals surface area contributed by atoms with Crippen molar-refractivity contribution in [2.45, 2.75) is 13.5 Å². The lowest BCUT2D eigenvalue weighted by Crippen LogP contribution is -2.15. The van der Waals surface area contributed by atoms with E-state index in [1.807, 2.05) is 30.3 Å². The van der Waals surface area contributed by atoms with Gasteiger partial charge < -0.3 is 14.6 Å². The molecule has 1 aliphatic heterocycles. The summed E-state index contributed by atoms with van der Waals surface area (Å²) in [5, 5.41) is 9.66. The van der Waals surface area contributed by atoms with Crippen molar-refractivity contribution in [2.75, 3.05) is 13.2 Å². The van der Waals surface area contributed by atoms with Gasteiger partial charge in [0.15, 0.2) is 11.5 Å². The Hall–Kier alpha value is -2.78. The molecule has 3 heteroatoms. The second kappa shape index (κ2) is 6.61. The summed E-state index contributed by atoms with van der Waals surface area (Å²) in [4.78, 5) is 0. The molecule has 1 heterocycles. The molecule has 0 bridgehead atoms. The molecule has 3 aromatic rings. The van der Waals surface area contributed by atoms with Crippen LogP contribution in [-0.4, -0.2) is 18.3 Å². The molecule has 0 radical (unpaired) electrons. The molecule has 25 heavy (non-hydrogen) atoms. The van der Waals surface area contributed by atoms with E-state index in [0.717, 1.165) is 39.3 Å². The fourth-order valence-electron chi connectivity index (χ4n) is 3.37. The molecule has 0 aromatic heterocycles. The topological polar surface area (TPSA) is 38.7 Å². The average Bonchev–Trinajstić information content (AvgIpc) is 2.68. The molecule has 0 amide bonds. The average molecular weight is 332 g/mol. The Bertz CT molecular complexity index is 915. The number of fused-ring (bicyclic) bond motifs is 1. The predicted molar refractivity (Wildman–Crippen MR) is 99.0 cm³/mol. The summed E-state index contributed by atoms with van der Waals surface area (Å²) < 4.78 is 11.3. The summed E-state index contributed by atoms with van der Waals surface area (Å²) in [6, 6.07) is 20.3. The van der Waals surface area contributed by atoms with Crippen molar-refractivity contribution < 1.29 is 14.6 Å². The van der Waals surface area contributed by atoms with Gasteiger partial charge in [0.05, 0.1) is 6.61 Å². The van der Waals surface area contributed by atoms with Crippen molar-refractivity contribution in [3.05, 3.63) is 71.8 Å². The smallest absolute Gasteiger partial charge is 0.161 e. The number of aliphatic hydroxyl groups is 1. The zero-order chi connectivity index (χ0) is 17.2. The van der Waals surface area contributed by atoms with Gasteiger partial charge in [-0.15, -0.1) is 0 Å². The summed E-state index contributed by atoms with van der Waals surface area (Å²) in [5.41, 5.74) is 6.58. The van der Waals surface area contributed by atoms with E-state index >= 15 is 0 Å². The fourth-order valence-corrected chi connectivity index (χ4v) is 3.37. The number of aliphatic hydroxyl groups excluding tert-OH is 1. The Morgan fingerprint density at radius 2 is 1.52 bits per heavy atom. The molecule has 0 unspecified atom stereocenters. The monoisotopic (exact) mass is 332 g/mol. The molecule has 4 rings (SSSR count). The quantitative estimate of drug-likeness (QED) is 0.762. The first-order chi connectivity index (χ1) is 12.3. The van der Waals surface area contributed by atoms with Crippen molar-refractivity contribution in [1.29, 1.82) is 0 Å². The highest BCUT2D eigenvalue weighted by atomic mass is 16.6.